The van der Waals surface area contributed by atoms with E-state index >= 15 is 0 Å². The van der Waals surface area contributed by atoms with E-state index in [4.69, 9.17) is 9.47 Å². The molecule has 1 saturated heterocycles. The van der Waals surface area contributed by atoms with Gasteiger partial charge < -0.3 is 14.4 Å². The second-order valence-corrected chi connectivity index (χ2v) is 4.67. The number of hydrogen-bond donors (Lipinski definition) is 0. The standard InChI is InChI=1S/C14H19NO3/c1-15(2)14(16)11-5-7-12(8-6-11)18-10-13-4-3-9-17-13/h5-8,13H,3-4,9-10H2,1-2H3/t13-/m0/s1. The Balaban J connectivity index is 1.89. The van der Waals surface area contributed by atoms with Crippen LogP contribution >= 0.6 is 0 Å². The van der Waals surface area contributed by atoms with Crippen LogP contribution < -0.4 is 4.74 Å². The van der Waals surface area contributed by atoms with Crippen molar-refractivity contribution in [2.75, 3.05) is 27.3 Å². The smallest absolute Gasteiger partial charge is 0.253 e. The molecule has 0 aliphatic carbocycles. The van der Waals surface area contributed by atoms with Gasteiger partial charge in [0.05, 0.1) is 6.10 Å². The molecular weight excluding hydrogens is 230 g/mol. The zero-order valence-corrected chi connectivity index (χ0v) is 10.9. The molecule has 0 N–H and O–H groups in total. The Kier molecular flexibility index (Phi) is 4.20. The number of hydrogen-bond acceptors (Lipinski definition) is 3. The van der Waals surface area contributed by atoms with Crippen LogP contribution in [0.25, 0.3) is 0 Å². The predicted octanol–water partition coefficient (Wildman–Crippen LogP) is 1.95. The highest BCUT2D eigenvalue weighted by molar-refractivity contribution is 5.93. The summed E-state index contributed by atoms with van der Waals surface area (Å²) in [4.78, 5) is 13.2. The van der Waals surface area contributed by atoms with Gasteiger partial charge in [0.2, 0.25) is 0 Å². The maximum absolute atomic E-state index is 11.7. The molecule has 0 saturated carbocycles. The lowest BCUT2D eigenvalue weighted by atomic mass is 10.2. The maximum Gasteiger partial charge on any atom is 0.253 e. The normalized spacial score (nSPS) is 18.7. The van der Waals surface area contributed by atoms with E-state index in [1.165, 1.54) is 0 Å². The summed E-state index contributed by atoms with van der Waals surface area (Å²) in [5, 5.41) is 0. The van der Waals surface area contributed by atoms with Crippen molar-refractivity contribution in [3.05, 3.63) is 29.8 Å². The van der Waals surface area contributed by atoms with Crippen LogP contribution in [-0.4, -0.2) is 44.2 Å². The first-order valence-electron chi connectivity index (χ1n) is 6.23. The van der Waals surface area contributed by atoms with Crippen molar-refractivity contribution in [1.82, 2.24) is 4.90 Å². The van der Waals surface area contributed by atoms with E-state index < -0.39 is 0 Å². The molecule has 1 aliphatic rings. The van der Waals surface area contributed by atoms with Gasteiger partial charge in [-0.25, -0.2) is 0 Å². The molecule has 18 heavy (non-hydrogen) atoms. The van der Waals surface area contributed by atoms with Gasteiger partial charge in [-0.05, 0) is 37.1 Å². The van der Waals surface area contributed by atoms with E-state index in [1.807, 2.05) is 12.1 Å². The van der Waals surface area contributed by atoms with Gasteiger partial charge in [0.15, 0.2) is 0 Å². The van der Waals surface area contributed by atoms with Gasteiger partial charge in [-0.1, -0.05) is 0 Å². The van der Waals surface area contributed by atoms with Crippen LogP contribution in [0.4, 0.5) is 0 Å². The molecule has 0 spiro atoms. The monoisotopic (exact) mass is 249 g/mol. The third kappa shape index (κ3) is 3.23. The molecule has 0 bridgehead atoms. The summed E-state index contributed by atoms with van der Waals surface area (Å²) < 4.78 is 11.1. The summed E-state index contributed by atoms with van der Waals surface area (Å²) in [5.41, 5.74) is 0.671. The number of carbonyl (C=O) groups is 1. The fourth-order valence-electron chi connectivity index (χ4n) is 1.92. The molecule has 2 rings (SSSR count). The Morgan fingerprint density at radius 1 is 1.39 bits per heavy atom. The average Bonchev–Trinajstić information content (AvgIpc) is 2.89. The van der Waals surface area contributed by atoms with E-state index in [2.05, 4.69) is 0 Å². The molecule has 0 aromatic heterocycles. The maximum atomic E-state index is 11.7. The minimum atomic E-state index is 0.000626. The second kappa shape index (κ2) is 5.87. The highest BCUT2D eigenvalue weighted by Gasteiger charge is 2.16. The molecule has 0 unspecified atom stereocenters. The Hall–Kier alpha value is -1.55. The lowest BCUT2D eigenvalue weighted by Crippen LogP contribution is -2.21. The topological polar surface area (TPSA) is 38.8 Å². The molecule has 4 nitrogen and oxygen atoms in total. The molecule has 0 radical (unpaired) electrons. The SMILES string of the molecule is CN(C)C(=O)c1ccc(OC[C@@H]2CCCO2)cc1. The Morgan fingerprint density at radius 3 is 2.67 bits per heavy atom. The number of benzene rings is 1. The minimum Gasteiger partial charge on any atom is -0.491 e. The summed E-state index contributed by atoms with van der Waals surface area (Å²) in [7, 11) is 3.48. The van der Waals surface area contributed by atoms with Gasteiger partial charge in [0, 0.05) is 26.3 Å². The van der Waals surface area contributed by atoms with Crippen LogP contribution in [0.1, 0.15) is 23.2 Å². The van der Waals surface area contributed by atoms with Crippen molar-refractivity contribution in [2.24, 2.45) is 0 Å². The van der Waals surface area contributed by atoms with Crippen molar-refractivity contribution >= 4 is 5.91 Å². The zero-order valence-electron chi connectivity index (χ0n) is 10.9. The van der Waals surface area contributed by atoms with E-state index in [1.54, 1.807) is 31.1 Å². The summed E-state index contributed by atoms with van der Waals surface area (Å²) in [6.07, 6.45) is 2.40. The van der Waals surface area contributed by atoms with Crippen LogP contribution in [0.5, 0.6) is 5.75 Å². The second-order valence-electron chi connectivity index (χ2n) is 4.67. The molecule has 1 aromatic carbocycles. The van der Waals surface area contributed by atoms with Crippen LogP contribution in [-0.2, 0) is 4.74 Å². The summed E-state index contributed by atoms with van der Waals surface area (Å²) >= 11 is 0. The number of amides is 1. The zero-order chi connectivity index (χ0) is 13.0. The van der Waals surface area contributed by atoms with Crippen LogP contribution in [0, 0.1) is 0 Å². The van der Waals surface area contributed by atoms with Crippen molar-refractivity contribution in [3.8, 4) is 5.75 Å². The van der Waals surface area contributed by atoms with Crippen molar-refractivity contribution in [1.29, 1.82) is 0 Å². The number of ether oxygens (including phenoxy) is 2. The summed E-state index contributed by atoms with van der Waals surface area (Å²) in [6.45, 7) is 1.42. The Labute approximate surface area is 107 Å². The molecule has 4 heteroatoms. The van der Waals surface area contributed by atoms with E-state index in [0.717, 1.165) is 25.2 Å². The van der Waals surface area contributed by atoms with Crippen LogP contribution in [0.15, 0.2) is 24.3 Å². The van der Waals surface area contributed by atoms with Crippen molar-refractivity contribution in [3.63, 3.8) is 0 Å². The largest absolute Gasteiger partial charge is 0.491 e. The molecule has 1 atom stereocenters. The Bertz CT molecular complexity index is 394. The number of carbonyl (C=O) groups excluding carboxylic acids is 1. The summed E-state index contributed by atoms with van der Waals surface area (Å²) in [6, 6.07) is 7.22. The van der Waals surface area contributed by atoms with Gasteiger partial charge in [0.25, 0.3) is 5.91 Å². The molecule has 1 heterocycles. The highest BCUT2D eigenvalue weighted by Crippen LogP contribution is 2.17. The first-order chi connectivity index (χ1) is 8.66. The quantitative estimate of drug-likeness (QED) is 0.818. The van der Waals surface area contributed by atoms with Gasteiger partial charge in [-0.2, -0.15) is 0 Å². The van der Waals surface area contributed by atoms with E-state index in [-0.39, 0.29) is 12.0 Å². The van der Waals surface area contributed by atoms with Crippen molar-refractivity contribution < 1.29 is 14.3 Å². The first kappa shape index (κ1) is 12.9. The highest BCUT2D eigenvalue weighted by atomic mass is 16.5. The third-order valence-electron chi connectivity index (χ3n) is 2.97. The van der Waals surface area contributed by atoms with Crippen LogP contribution in [0.2, 0.25) is 0 Å². The minimum absolute atomic E-state index is 0.000626. The first-order valence-corrected chi connectivity index (χ1v) is 6.23. The van der Waals surface area contributed by atoms with E-state index in [9.17, 15) is 4.79 Å². The summed E-state index contributed by atoms with van der Waals surface area (Å²) in [5.74, 6) is 0.779. The molecule has 98 valence electrons. The molecule has 1 aromatic rings. The molecule has 1 aliphatic heterocycles. The third-order valence-corrected chi connectivity index (χ3v) is 2.97. The lowest BCUT2D eigenvalue weighted by Gasteiger charge is -2.13. The lowest BCUT2D eigenvalue weighted by molar-refractivity contribution is 0.0679. The van der Waals surface area contributed by atoms with Crippen molar-refractivity contribution in [2.45, 2.75) is 18.9 Å². The fourth-order valence-corrected chi connectivity index (χ4v) is 1.92. The average molecular weight is 249 g/mol. The Morgan fingerprint density at radius 2 is 2.11 bits per heavy atom. The number of rotatable bonds is 4. The molecule has 1 amide bonds. The molecule has 1 fully saturated rings. The van der Waals surface area contributed by atoms with Gasteiger partial charge in [-0.15, -0.1) is 0 Å². The van der Waals surface area contributed by atoms with Gasteiger partial charge in [-0.3, -0.25) is 4.79 Å². The van der Waals surface area contributed by atoms with Crippen LogP contribution in [0.3, 0.4) is 0 Å². The van der Waals surface area contributed by atoms with Gasteiger partial charge in [0.1, 0.15) is 12.4 Å². The fraction of sp³-hybridized carbons (Fsp3) is 0.500. The molecular formula is C14H19NO3. The van der Waals surface area contributed by atoms with Gasteiger partial charge >= 0.3 is 0 Å². The van der Waals surface area contributed by atoms with E-state index in [0.29, 0.717) is 12.2 Å². The number of nitrogens with zero attached hydrogens (tertiary/aromatic N) is 1. The predicted molar refractivity (Wildman–Crippen MR) is 68.9 cm³/mol.